The summed E-state index contributed by atoms with van der Waals surface area (Å²) in [6.45, 7) is 4.50. The summed E-state index contributed by atoms with van der Waals surface area (Å²) >= 11 is 1.60. The van der Waals surface area contributed by atoms with Crippen LogP contribution in [0.1, 0.15) is 21.7 Å². The van der Waals surface area contributed by atoms with Crippen molar-refractivity contribution in [1.29, 1.82) is 0 Å². The number of carboxylic acids is 1. The highest BCUT2D eigenvalue weighted by Gasteiger charge is 2.04. The minimum atomic E-state index is -0.935. The third kappa shape index (κ3) is 3.77. The lowest BCUT2D eigenvalue weighted by atomic mass is 10.2. The number of aryl methyl sites for hydroxylation is 2. The molecule has 2 rings (SSSR count). The largest absolute Gasteiger partial charge is 0.493 e. The second-order valence-corrected chi connectivity index (χ2v) is 5.36. The van der Waals surface area contributed by atoms with Gasteiger partial charge >= 0.3 is 5.97 Å². The number of aromatic nitrogens is 2. The number of nitrogens with zero attached hydrogens (tertiary/aromatic N) is 1. The molecule has 0 amide bonds. The quantitative estimate of drug-likeness (QED) is 0.632. The van der Waals surface area contributed by atoms with Crippen LogP contribution in [-0.4, -0.2) is 33.4 Å². The molecular weight excluding hydrogens is 276 g/mol. The van der Waals surface area contributed by atoms with E-state index in [1.54, 1.807) is 23.9 Å². The summed E-state index contributed by atoms with van der Waals surface area (Å²) in [6, 6.07) is 6.39. The minimum Gasteiger partial charge on any atom is -0.493 e. The molecule has 0 saturated carbocycles. The summed E-state index contributed by atoms with van der Waals surface area (Å²) in [5, 5.41) is 9.68. The Hall–Kier alpha value is -1.95. The number of carboxylic acid groups (broad SMARTS) is 1. The molecule has 0 unspecified atom stereocenters. The van der Waals surface area contributed by atoms with Crippen molar-refractivity contribution < 1.29 is 14.6 Å². The number of thioether (sulfide) groups is 1. The smallest absolute Gasteiger partial charge is 0.335 e. The fourth-order valence-corrected chi connectivity index (χ4v) is 2.36. The van der Waals surface area contributed by atoms with Gasteiger partial charge in [0.05, 0.1) is 17.9 Å². The molecule has 2 aromatic rings. The Kier molecular flexibility index (Phi) is 4.68. The molecule has 0 saturated heterocycles. The SMILES string of the molecule is Cc1nc(SCCOc2ccc(C(=O)O)cc2)[nH]c1C. The number of nitrogens with one attached hydrogen (secondary N) is 1. The van der Waals surface area contributed by atoms with Crippen LogP contribution in [0.4, 0.5) is 0 Å². The van der Waals surface area contributed by atoms with Crippen molar-refractivity contribution in [1.82, 2.24) is 9.97 Å². The molecule has 1 aromatic carbocycles. The van der Waals surface area contributed by atoms with Gasteiger partial charge in [0.2, 0.25) is 0 Å². The summed E-state index contributed by atoms with van der Waals surface area (Å²) < 4.78 is 5.54. The zero-order valence-electron chi connectivity index (χ0n) is 11.3. The monoisotopic (exact) mass is 292 g/mol. The van der Waals surface area contributed by atoms with E-state index in [0.29, 0.717) is 12.4 Å². The second kappa shape index (κ2) is 6.47. The first-order valence-corrected chi connectivity index (χ1v) is 7.17. The fraction of sp³-hybridized carbons (Fsp3) is 0.286. The van der Waals surface area contributed by atoms with Gasteiger partial charge in [0.1, 0.15) is 5.75 Å². The molecule has 1 heterocycles. The van der Waals surface area contributed by atoms with Crippen molar-refractivity contribution in [2.24, 2.45) is 0 Å². The Morgan fingerprint density at radius 3 is 2.60 bits per heavy atom. The predicted octanol–water partition coefficient (Wildman–Crippen LogP) is 2.90. The van der Waals surface area contributed by atoms with Crippen LogP contribution in [0.3, 0.4) is 0 Å². The Balaban J connectivity index is 1.77. The Labute approximate surface area is 121 Å². The van der Waals surface area contributed by atoms with Gasteiger partial charge in [0.25, 0.3) is 0 Å². The van der Waals surface area contributed by atoms with Crippen molar-refractivity contribution in [2.45, 2.75) is 19.0 Å². The van der Waals surface area contributed by atoms with Crippen molar-refractivity contribution in [3.05, 3.63) is 41.2 Å². The number of benzene rings is 1. The highest BCUT2D eigenvalue weighted by molar-refractivity contribution is 7.99. The number of aromatic carboxylic acids is 1. The van der Waals surface area contributed by atoms with E-state index in [0.717, 1.165) is 22.3 Å². The van der Waals surface area contributed by atoms with E-state index in [-0.39, 0.29) is 5.56 Å². The summed E-state index contributed by atoms with van der Waals surface area (Å²) in [7, 11) is 0. The average Bonchev–Trinajstić information content (AvgIpc) is 2.74. The van der Waals surface area contributed by atoms with Gasteiger partial charge in [-0.15, -0.1) is 0 Å². The van der Waals surface area contributed by atoms with Gasteiger partial charge in [-0.25, -0.2) is 9.78 Å². The zero-order valence-corrected chi connectivity index (χ0v) is 12.2. The highest BCUT2D eigenvalue weighted by Crippen LogP contribution is 2.17. The fourth-order valence-electron chi connectivity index (χ4n) is 1.57. The number of aromatic amines is 1. The van der Waals surface area contributed by atoms with Crippen molar-refractivity contribution in [3.8, 4) is 5.75 Å². The number of ether oxygens (including phenoxy) is 1. The zero-order chi connectivity index (χ0) is 14.5. The normalized spacial score (nSPS) is 10.5. The topological polar surface area (TPSA) is 75.2 Å². The van der Waals surface area contributed by atoms with Gasteiger partial charge < -0.3 is 14.8 Å². The second-order valence-electron chi connectivity index (χ2n) is 4.28. The highest BCUT2D eigenvalue weighted by atomic mass is 32.2. The van der Waals surface area contributed by atoms with E-state index in [1.165, 1.54) is 12.1 Å². The molecule has 0 atom stereocenters. The van der Waals surface area contributed by atoms with Gasteiger partial charge in [0, 0.05) is 11.4 Å². The standard InChI is InChI=1S/C14H16N2O3S/c1-9-10(2)16-14(15-9)20-8-7-19-12-5-3-11(4-6-12)13(17)18/h3-6H,7-8H2,1-2H3,(H,15,16)(H,17,18). The molecule has 0 aliphatic heterocycles. The number of hydrogen-bond donors (Lipinski definition) is 2. The van der Waals surface area contributed by atoms with Crippen molar-refractivity contribution in [3.63, 3.8) is 0 Å². The van der Waals surface area contributed by atoms with Crippen LogP contribution in [0.2, 0.25) is 0 Å². The first kappa shape index (κ1) is 14.5. The van der Waals surface area contributed by atoms with Crippen LogP contribution in [0, 0.1) is 13.8 Å². The first-order chi connectivity index (χ1) is 9.56. The average molecular weight is 292 g/mol. The number of carbonyl (C=O) groups is 1. The first-order valence-electron chi connectivity index (χ1n) is 6.18. The third-order valence-corrected chi connectivity index (χ3v) is 3.64. The van der Waals surface area contributed by atoms with Gasteiger partial charge in [0.15, 0.2) is 5.16 Å². The molecule has 5 nitrogen and oxygen atoms in total. The van der Waals surface area contributed by atoms with Gasteiger partial charge in [-0.1, -0.05) is 11.8 Å². The number of rotatable bonds is 6. The number of imidazole rings is 1. The van der Waals surface area contributed by atoms with Gasteiger partial charge in [-0.2, -0.15) is 0 Å². The van der Waals surface area contributed by atoms with E-state index < -0.39 is 5.97 Å². The Morgan fingerprint density at radius 1 is 1.35 bits per heavy atom. The molecule has 0 radical (unpaired) electrons. The van der Waals surface area contributed by atoms with Gasteiger partial charge in [-0.05, 0) is 38.1 Å². The molecule has 20 heavy (non-hydrogen) atoms. The van der Waals surface area contributed by atoms with E-state index in [1.807, 2.05) is 13.8 Å². The van der Waals surface area contributed by atoms with E-state index in [2.05, 4.69) is 9.97 Å². The van der Waals surface area contributed by atoms with Gasteiger partial charge in [-0.3, -0.25) is 0 Å². The minimum absolute atomic E-state index is 0.258. The third-order valence-electron chi connectivity index (χ3n) is 2.80. The molecule has 0 aliphatic carbocycles. The maximum atomic E-state index is 10.7. The van der Waals surface area contributed by atoms with Crippen LogP contribution >= 0.6 is 11.8 Å². The number of H-pyrrole nitrogens is 1. The maximum Gasteiger partial charge on any atom is 0.335 e. The Bertz CT molecular complexity index is 573. The van der Waals surface area contributed by atoms with Crippen molar-refractivity contribution >= 4 is 17.7 Å². The number of hydrogen-bond acceptors (Lipinski definition) is 4. The molecule has 106 valence electrons. The summed E-state index contributed by atoms with van der Waals surface area (Å²) in [5.41, 5.74) is 2.35. The van der Waals surface area contributed by atoms with E-state index in [4.69, 9.17) is 9.84 Å². The lowest BCUT2D eigenvalue weighted by Gasteiger charge is -2.05. The van der Waals surface area contributed by atoms with Crippen LogP contribution < -0.4 is 4.74 Å². The predicted molar refractivity (Wildman–Crippen MR) is 77.7 cm³/mol. The Morgan fingerprint density at radius 2 is 2.05 bits per heavy atom. The van der Waals surface area contributed by atoms with Crippen LogP contribution in [0.25, 0.3) is 0 Å². The molecule has 0 bridgehead atoms. The molecule has 0 fully saturated rings. The molecule has 2 N–H and O–H groups in total. The maximum absolute atomic E-state index is 10.7. The van der Waals surface area contributed by atoms with E-state index in [9.17, 15) is 4.79 Å². The molecule has 0 aliphatic rings. The molecular formula is C14H16N2O3S. The lowest BCUT2D eigenvalue weighted by molar-refractivity contribution is 0.0697. The van der Waals surface area contributed by atoms with E-state index >= 15 is 0 Å². The van der Waals surface area contributed by atoms with Crippen LogP contribution in [0.15, 0.2) is 29.4 Å². The summed E-state index contributed by atoms with van der Waals surface area (Å²) in [6.07, 6.45) is 0. The van der Waals surface area contributed by atoms with Crippen LogP contribution in [-0.2, 0) is 0 Å². The summed E-state index contributed by atoms with van der Waals surface area (Å²) in [4.78, 5) is 18.3. The lowest BCUT2D eigenvalue weighted by Crippen LogP contribution is -2.01. The van der Waals surface area contributed by atoms with Crippen molar-refractivity contribution in [2.75, 3.05) is 12.4 Å². The molecule has 6 heteroatoms. The molecule has 1 aromatic heterocycles. The molecule has 0 spiro atoms. The summed E-state index contributed by atoms with van der Waals surface area (Å²) in [5.74, 6) is 0.505. The van der Waals surface area contributed by atoms with Crippen LogP contribution in [0.5, 0.6) is 5.75 Å².